The number of anilines is 1. The minimum absolute atomic E-state index is 0.660. The van der Waals surface area contributed by atoms with Crippen molar-refractivity contribution in [2.24, 2.45) is 12.0 Å². The standard InChI is InChI=1S/C21H31N5O/c1-4-22-21(25(3)17-19-9-7-11-24(19)2)23-16-18-8-5-6-10-20(18)26-12-14-27-15-13-26/h5-11H,4,12-17H2,1-3H3,(H,22,23). The zero-order valence-corrected chi connectivity index (χ0v) is 16.7. The van der Waals surface area contributed by atoms with Gasteiger partial charge in [0.25, 0.3) is 0 Å². The van der Waals surface area contributed by atoms with Gasteiger partial charge in [-0.05, 0) is 30.7 Å². The van der Waals surface area contributed by atoms with Gasteiger partial charge in [0.2, 0.25) is 0 Å². The molecule has 6 heteroatoms. The van der Waals surface area contributed by atoms with Gasteiger partial charge in [-0.2, -0.15) is 0 Å². The van der Waals surface area contributed by atoms with Crippen molar-refractivity contribution in [2.45, 2.75) is 20.0 Å². The number of benzene rings is 1. The monoisotopic (exact) mass is 369 g/mol. The Hall–Kier alpha value is -2.47. The molecule has 1 aliphatic heterocycles. The number of morpholine rings is 1. The number of nitrogens with one attached hydrogen (secondary N) is 1. The molecule has 1 aliphatic rings. The van der Waals surface area contributed by atoms with Crippen LogP contribution >= 0.6 is 0 Å². The van der Waals surface area contributed by atoms with Crippen molar-refractivity contribution >= 4 is 11.6 Å². The molecule has 0 amide bonds. The van der Waals surface area contributed by atoms with E-state index in [2.05, 4.69) is 83.3 Å². The van der Waals surface area contributed by atoms with Crippen molar-refractivity contribution in [1.29, 1.82) is 0 Å². The minimum atomic E-state index is 0.660. The molecule has 2 heterocycles. The van der Waals surface area contributed by atoms with Gasteiger partial charge >= 0.3 is 0 Å². The molecule has 6 nitrogen and oxygen atoms in total. The lowest BCUT2D eigenvalue weighted by Crippen LogP contribution is -2.39. The van der Waals surface area contributed by atoms with Crippen LogP contribution < -0.4 is 10.2 Å². The van der Waals surface area contributed by atoms with Gasteiger partial charge in [0.05, 0.1) is 26.3 Å². The topological polar surface area (TPSA) is 45.0 Å². The molecule has 0 bridgehead atoms. The number of hydrogen-bond acceptors (Lipinski definition) is 3. The first-order valence-electron chi connectivity index (χ1n) is 9.69. The van der Waals surface area contributed by atoms with E-state index in [0.717, 1.165) is 45.4 Å². The van der Waals surface area contributed by atoms with E-state index in [0.29, 0.717) is 6.54 Å². The Morgan fingerprint density at radius 2 is 1.96 bits per heavy atom. The Balaban J connectivity index is 1.74. The summed E-state index contributed by atoms with van der Waals surface area (Å²) in [5, 5.41) is 3.42. The molecule has 1 aromatic heterocycles. The number of aliphatic imine (C=N–C) groups is 1. The summed E-state index contributed by atoms with van der Waals surface area (Å²) in [6.07, 6.45) is 2.08. The van der Waals surface area contributed by atoms with Crippen LogP contribution in [0.2, 0.25) is 0 Å². The molecule has 0 unspecified atom stereocenters. The van der Waals surface area contributed by atoms with Crippen LogP contribution in [-0.2, 0) is 24.9 Å². The Morgan fingerprint density at radius 1 is 1.19 bits per heavy atom. The molecule has 146 valence electrons. The zero-order valence-electron chi connectivity index (χ0n) is 16.7. The number of aryl methyl sites for hydroxylation is 1. The van der Waals surface area contributed by atoms with Gasteiger partial charge in [-0.1, -0.05) is 18.2 Å². The Bertz CT molecular complexity index is 749. The van der Waals surface area contributed by atoms with Crippen LogP contribution in [0.1, 0.15) is 18.2 Å². The molecule has 0 saturated carbocycles. The highest BCUT2D eigenvalue weighted by atomic mass is 16.5. The van der Waals surface area contributed by atoms with Gasteiger partial charge in [0.1, 0.15) is 0 Å². The SMILES string of the molecule is CCNC(=NCc1ccccc1N1CCOCC1)N(C)Cc1cccn1C. The lowest BCUT2D eigenvalue weighted by atomic mass is 10.1. The number of para-hydroxylation sites is 1. The number of rotatable bonds is 6. The smallest absolute Gasteiger partial charge is 0.194 e. The second kappa shape index (κ2) is 9.46. The molecule has 1 N–H and O–H groups in total. The maximum atomic E-state index is 5.49. The largest absolute Gasteiger partial charge is 0.378 e. The first-order valence-corrected chi connectivity index (χ1v) is 9.69. The second-order valence-corrected chi connectivity index (χ2v) is 6.86. The molecule has 1 fully saturated rings. The number of ether oxygens (including phenoxy) is 1. The van der Waals surface area contributed by atoms with Crippen LogP contribution in [-0.4, -0.2) is 55.3 Å². The van der Waals surface area contributed by atoms with Crippen LogP contribution in [0.5, 0.6) is 0 Å². The maximum Gasteiger partial charge on any atom is 0.194 e. The predicted octanol–water partition coefficient (Wildman–Crippen LogP) is 2.46. The van der Waals surface area contributed by atoms with E-state index in [-0.39, 0.29) is 0 Å². The number of guanidine groups is 1. The molecule has 0 radical (unpaired) electrons. The third-order valence-electron chi connectivity index (χ3n) is 4.89. The molecular weight excluding hydrogens is 338 g/mol. The highest BCUT2D eigenvalue weighted by molar-refractivity contribution is 5.79. The number of hydrogen-bond donors (Lipinski definition) is 1. The quantitative estimate of drug-likeness (QED) is 0.628. The van der Waals surface area contributed by atoms with Gasteiger partial charge in [0.15, 0.2) is 5.96 Å². The first-order chi connectivity index (χ1) is 13.2. The fraction of sp³-hybridized carbons (Fsp3) is 0.476. The summed E-state index contributed by atoms with van der Waals surface area (Å²) in [5.74, 6) is 0.926. The summed E-state index contributed by atoms with van der Waals surface area (Å²) in [7, 11) is 4.16. The highest BCUT2D eigenvalue weighted by Crippen LogP contribution is 2.22. The van der Waals surface area contributed by atoms with Crippen molar-refractivity contribution in [2.75, 3.05) is 44.8 Å². The van der Waals surface area contributed by atoms with Gasteiger partial charge < -0.3 is 24.4 Å². The summed E-state index contributed by atoms with van der Waals surface area (Å²) in [5.41, 5.74) is 3.78. The first kappa shape index (κ1) is 19.3. The van der Waals surface area contributed by atoms with E-state index in [1.54, 1.807) is 0 Å². The van der Waals surface area contributed by atoms with Crippen molar-refractivity contribution in [3.63, 3.8) is 0 Å². The number of nitrogens with zero attached hydrogens (tertiary/aromatic N) is 4. The number of aromatic nitrogens is 1. The van der Waals surface area contributed by atoms with Crippen LogP contribution in [0.15, 0.2) is 47.6 Å². The van der Waals surface area contributed by atoms with Crippen molar-refractivity contribution in [1.82, 2.24) is 14.8 Å². The maximum absolute atomic E-state index is 5.49. The van der Waals surface area contributed by atoms with E-state index >= 15 is 0 Å². The van der Waals surface area contributed by atoms with E-state index in [1.807, 2.05) is 0 Å². The van der Waals surface area contributed by atoms with Gasteiger partial charge in [0, 0.05) is 51.3 Å². The molecule has 27 heavy (non-hydrogen) atoms. The fourth-order valence-electron chi connectivity index (χ4n) is 3.37. The average molecular weight is 370 g/mol. The minimum Gasteiger partial charge on any atom is -0.378 e. The van der Waals surface area contributed by atoms with Crippen LogP contribution in [0.3, 0.4) is 0 Å². The molecule has 0 spiro atoms. The Labute approximate surface area is 162 Å². The van der Waals surface area contributed by atoms with E-state index in [9.17, 15) is 0 Å². The van der Waals surface area contributed by atoms with Crippen molar-refractivity contribution < 1.29 is 4.74 Å². The summed E-state index contributed by atoms with van der Waals surface area (Å²) in [6, 6.07) is 12.8. The van der Waals surface area contributed by atoms with Crippen molar-refractivity contribution in [3.8, 4) is 0 Å². The van der Waals surface area contributed by atoms with E-state index in [4.69, 9.17) is 9.73 Å². The molecule has 2 aromatic rings. The lowest BCUT2D eigenvalue weighted by Gasteiger charge is -2.30. The lowest BCUT2D eigenvalue weighted by molar-refractivity contribution is 0.122. The third kappa shape index (κ3) is 5.04. The van der Waals surface area contributed by atoms with E-state index in [1.165, 1.54) is 16.9 Å². The molecule has 0 atom stereocenters. The Kier molecular flexibility index (Phi) is 6.76. The summed E-state index contributed by atoms with van der Waals surface area (Å²) >= 11 is 0. The van der Waals surface area contributed by atoms with Crippen molar-refractivity contribution in [3.05, 3.63) is 53.9 Å². The van der Waals surface area contributed by atoms with Crippen LogP contribution in [0.25, 0.3) is 0 Å². The fourth-order valence-corrected chi connectivity index (χ4v) is 3.37. The molecular formula is C21H31N5O. The van der Waals surface area contributed by atoms with Gasteiger partial charge in [-0.3, -0.25) is 0 Å². The summed E-state index contributed by atoms with van der Waals surface area (Å²) in [6.45, 7) is 7.89. The van der Waals surface area contributed by atoms with Crippen LogP contribution in [0.4, 0.5) is 5.69 Å². The third-order valence-corrected chi connectivity index (χ3v) is 4.89. The Morgan fingerprint density at radius 3 is 2.67 bits per heavy atom. The highest BCUT2D eigenvalue weighted by Gasteiger charge is 2.15. The predicted molar refractivity (Wildman–Crippen MR) is 111 cm³/mol. The van der Waals surface area contributed by atoms with Gasteiger partial charge in [-0.15, -0.1) is 0 Å². The van der Waals surface area contributed by atoms with E-state index < -0.39 is 0 Å². The second-order valence-electron chi connectivity index (χ2n) is 6.86. The summed E-state index contributed by atoms with van der Waals surface area (Å²) in [4.78, 5) is 9.49. The molecule has 1 saturated heterocycles. The normalized spacial score (nSPS) is 15.1. The summed E-state index contributed by atoms with van der Waals surface area (Å²) < 4.78 is 7.64. The molecule has 3 rings (SSSR count). The van der Waals surface area contributed by atoms with Crippen LogP contribution in [0, 0.1) is 0 Å². The molecule has 1 aromatic carbocycles. The zero-order chi connectivity index (χ0) is 19.1. The molecule has 0 aliphatic carbocycles. The van der Waals surface area contributed by atoms with Gasteiger partial charge in [-0.25, -0.2) is 4.99 Å². The average Bonchev–Trinajstić information content (AvgIpc) is 3.10.